The number of carbonyl (C=O) groups is 1. The molecule has 1 N–H and O–H groups in total. The van der Waals surface area contributed by atoms with E-state index in [1.807, 2.05) is 0 Å². The van der Waals surface area contributed by atoms with E-state index in [1.165, 1.54) is 19.3 Å². The molecule has 23 heavy (non-hydrogen) atoms. The third-order valence-corrected chi connectivity index (χ3v) is 4.85. The number of nitrogens with one attached hydrogen (secondary N) is 1. The highest BCUT2D eigenvalue weighted by molar-refractivity contribution is 5.78. The van der Waals surface area contributed by atoms with Crippen molar-refractivity contribution in [1.29, 1.82) is 0 Å². The minimum Gasteiger partial charge on any atom is -0.356 e. The molecule has 1 atom stereocenters. The maximum atomic E-state index is 12.4. The predicted octanol–water partition coefficient (Wildman–Crippen LogP) is 3.03. The van der Waals surface area contributed by atoms with Gasteiger partial charge in [0.2, 0.25) is 5.91 Å². The van der Waals surface area contributed by atoms with Crippen LogP contribution < -0.4 is 10.2 Å². The minimum atomic E-state index is 0.145. The Morgan fingerprint density at radius 3 is 2.74 bits per heavy atom. The number of nitrogens with zero attached hydrogens (tertiary/aromatic N) is 3. The molecular formula is C18H30N4O. The number of aromatic nitrogens is 2. The summed E-state index contributed by atoms with van der Waals surface area (Å²) in [5.74, 6) is 1.92. The third kappa shape index (κ3) is 5.48. The van der Waals surface area contributed by atoms with Gasteiger partial charge in [0.15, 0.2) is 0 Å². The molecule has 2 heterocycles. The molecule has 1 unspecified atom stereocenters. The van der Waals surface area contributed by atoms with Gasteiger partial charge in [0, 0.05) is 37.9 Å². The van der Waals surface area contributed by atoms with Crippen LogP contribution in [0.25, 0.3) is 0 Å². The zero-order chi connectivity index (χ0) is 16.5. The van der Waals surface area contributed by atoms with Gasteiger partial charge in [-0.15, -0.1) is 0 Å². The van der Waals surface area contributed by atoms with Gasteiger partial charge in [0.05, 0.1) is 6.20 Å². The van der Waals surface area contributed by atoms with Crippen molar-refractivity contribution in [3.05, 3.63) is 18.6 Å². The van der Waals surface area contributed by atoms with E-state index in [9.17, 15) is 4.79 Å². The normalized spacial score (nSPS) is 17.0. The summed E-state index contributed by atoms with van der Waals surface area (Å²) in [7, 11) is 0. The SMILES string of the molecule is CCCCC(CC)CNC(=O)C1CCN(c2cnccn2)CC1. The largest absolute Gasteiger partial charge is 0.356 e. The average molecular weight is 318 g/mol. The Kier molecular flexibility index (Phi) is 7.30. The zero-order valence-electron chi connectivity index (χ0n) is 14.5. The molecule has 5 heteroatoms. The highest BCUT2D eigenvalue weighted by Gasteiger charge is 2.25. The molecule has 5 nitrogen and oxygen atoms in total. The van der Waals surface area contributed by atoms with Crippen molar-refractivity contribution in [1.82, 2.24) is 15.3 Å². The molecule has 0 bridgehead atoms. The van der Waals surface area contributed by atoms with Gasteiger partial charge >= 0.3 is 0 Å². The van der Waals surface area contributed by atoms with E-state index in [0.29, 0.717) is 5.92 Å². The second-order valence-corrected chi connectivity index (χ2v) is 6.49. The van der Waals surface area contributed by atoms with Crippen LogP contribution in [-0.4, -0.2) is 35.5 Å². The topological polar surface area (TPSA) is 58.1 Å². The van der Waals surface area contributed by atoms with Crippen LogP contribution in [0.15, 0.2) is 18.6 Å². The predicted molar refractivity (Wildman–Crippen MR) is 93.3 cm³/mol. The Labute approximate surface area is 139 Å². The second kappa shape index (κ2) is 9.48. The van der Waals surface area contributed by atoms with E-state index in [0.717, 1.165) is 44.7 Å². The summed E-state index contributed by atoms with van der Waals surface area (Å²) in [6.45, 7) is 7.02. The van der Waals surface area contributed by atoms with Crippen LogP contribution >= 0.6 is 0 Å². The number of hydrogen-bond donors (Lipinski definition) is 1. The monoisotopic (exact) mass is 318 g/mol. The summed E-state index contributed by atoms with van der Waals surface area (Å²) >= 11 is 0. The van der Waals surface area contributed by atoms with Crippen molar-refractivity contribution in [2.45, 2.75) is 52.4 Å². The number of hydrogen-bond acceptors (Lipinski definition) is 4. The van der Waals surface area contributed by atoms with Gasteiger partial charge < -0.3 is 10.2 Å². The Hall–Kier alpha value is -1.65. The van der Waals surface area contributed by atoms with Gasteiger partial charge in [0.25, 0.3) is 0 Å². The van der Waals surface area contributed by atoms with E-state index < -0.39 is 0 Å². The van der Waals surface area contributed by atoms with Crippen LogP contribution in [0.3, 0.4) is 0 Å². The zero-order valence-corrected chi connectivity index (χ0v) is 14.5. The lowest BCUT2D eigenvalue weighted by Gasteiger charge is -2.32. The molecule has 0 spiro atoms. The second-order valence-electron chi connectivity index (χ2n) is 6.49. The lowest BCUT2D eigenvalue weighted by atomic mass is 9.95. The molecule has 1 amide bonds. The first-order valence-electron chi connectivity index (χ1n) is 9.03. The van der Waals surface area contributed by atoms with Crippen LogP contribution in [-0.2, 0) is 4.79 Å². The molecule has 0 aromatic carbocycles. The van der Waals surface area contributed by atoms with Crippen molar-refractivity contribution in [3.8, 4) is 0 Å². The fraction of sp³-hybridized carbons (Fsp3) is 0.722. The van der Waals surface area contributed by atoms with Crippen molar-refractivity contribution < 1.29 is 4.79 Å². The van der Waals surface area contributed by atoms with Gasteiger partial charge in [-0.3, -0.25) is 9.78 Å². The standard InChI is InChI=1S/C18H30N4O/c1-3-5-6-15(4-2)13-21-18(23)16-7-11-22(12-8-16)17-14-19-9-10-20-17/h9-10,14-16H,3-8,11-13H2,1-2H3,(H,21,23). The molecule has 0 radical (unpaired) electrons. The number of unbranched alkanes of at least 4 members (excludes halogenated alkanes) is 1. The van der Waals surface area contributed by atoms with E-state index in [4.69, 9.17) is 0 Å². The third-order valence-electron chi connectivity index (χ3n) is 4.85. The van der Waals surface area contributed by atoms with Gasteiger partial charge in [-0.1, -0.05) is 33.1 Å². The Bertz CT molecular complexity index is 457. The molecule has 1 aliphatic rings. The molecule has 128 valence electrons. The van der Waals surface area contributed by atoms with Crippen LogP contribution in [0.1, 0.15) is 52.4 Å². The molecule has 2 rings (SSSR count). The summed E-state index contributed by atoms with van der Waals surface area (Å²) < 4.78 is 0. The van der Waals surface area contributed by atoms with Crippen molar-refractivity contribution >= 4 is 11.7 Å². The van der Waals surface area contributed by atoms with Crippen LogP contribution in [0.4, 0.5) is 5.82 Å². The Morgan fingerprint density at radius 1 is 1.35 bits per heavy atom. The highest BCUT2D eigenvalue weighted by Crippen LogP contribution is 2.21. The molecular weight excluding hydrogens is 288 g/mol. The first kappa shape index (κ1) is 17.7. The van der Waals surface area contributed by atoms with E-state index in [-0.39, 0.29) is 11.8 Å². The highest BCUT2D eigenvalue weighted by atomic mass is 16.1. The molecule has 1 saturated heterocycles. The van der Waals surface area contributed by atoms with Crippen LogP contribution in [0, 0.1) is 11.8 Å². The fourth-order valence-corrected chi connectivity index (χ4v) is 3.16. The molecule has 1 fully saturated rings. The van der Waals surface area contributed by atoms with Crippen LogP contribution in [0.5, 0.6) is 0 Å². The van der Waals surface area contributed by atoms with E-state index in [2.05, 4.69) is 34.0 Å². The maximum absolute atomic E-state index is 12.4. The summed E-state index contributed by atoms with van der Waals surface area (Å²) in [4.78, 5) is 23.0. The summed E-state index contributed by atoms with van der Waals surface area (Å²) in [6.07, 6.45) is 11.8. The Balaban J connectivity index is 1.73. The Morgan fingerprint density at radius 2 is 2.13 bits per heavy atom. The minimum absolute atomic E-state index is 0.145. The maximum Gasteiger partial charge on any atom is 0.223 e. The lowest BCUT2D eigenvalue weighted by molar-refractivity contribution is -0.125. The summed E-state index contributed by atoms with van der Waals surface area (Å²) in [5, 5.41) is 3.18. The molecule has 0 saturated carbocycles. The number of anilines is 1. The van der Waals surface area contributed by atoms with Gasteiger partial charge in [0.1, 0.15) is 5.82 Å². The molecule has 1 aromatic heterocycles. The number of amides is 1. The van der Waals surface area contributed by atoms with E-state index in [1.54, 1.807) is 18.6 Å². The number of piperidine rings is 1. The smallest absolute Gasteiger partial charge is 0.223 e. The lowest BCUT2D eigenvalue weighted by Crippen LogP contribution is -2.42. The molecule has 0 aliphatic carbocycles. The van der Waals surface area contributed by atoms with Crippen LogP contribution in [0.2, 0.25) is 0 Å². The summed E-state index contributed by atoms with van der Waals surface area (Å²) in [6, 6.07) is 0. The van der Waals surface area contributed by atoms with E-state index >= 15 is 0 Å². The summed E-state index contributed by atoms with van der Waals surface area (Å²) in [5.41, 5.74) is 0. The number of rotatable bonds is 8. The van der Waals surface area contributed by atoms with Gasteiger partial charge in [-0.2, -0.15) is 0 Å². The number of carbonyl (C=O) groups excluding carboxylic acids is 1. The van der Waals surface area contributed by atoms with Crippen molar-refractivity contribution in [2.24, 2.45) is 11.8 Å². The quantitative estimate of drug-likeness (QED) is 0.800. The van der Waals surface area contributed by atoms with Gasteiger partial charge in [-0.05, 0) is 25.2 Å². The first-order chi connectivity index (χ1) is 11.2. The average Bonchev–Trinajstić information content (AvgIpc) is 2.62. The fourth-order valence-electron chi connectivity index (χ4n) is 3.16. The van der Waals surface area contributed by atoms with Gasteiger partial charge in [-0.25, -0.2) is 4.98 Å². The molecule has 1 aromatic rings. The molecule has 1 aliphatic heterocycles. The first-order valence-corrected chi connectivity index (χ1v) is 9.03. The van der Waals surface area contributed by atoms with Crippen molar-refractivity contribution in [3.63, 3.8) is 0 Å². The van der Waals surface area contributed by atoms with Crippen molar-refractivity contribution in [2.75, 3.05) is 24.5 Å².